The normalized spacial score (nSPS) is 14.7. The van der Waals surface area contributed by atoms with Gasteiger partial charge in [0.1, 0.15) is 6.33 Å². The minimum absolute atomic E-state index is 0.0831. The molecule has 2 aromatic heterocycles. The summed E-state index contributed by atoms with van der Waals surface area (Å²) in [4.78, 5) is 26.2. The smallest absolute Gasteiger partial charge is 0.351 e. The molecule has 1 N–H and O–H groups in total. The van der Waals surface area contributed by atoms with Crippen LogP contribution in [0.2, 0.25) is 0 Å². The van der Waals surface area contributed by atoms with E-state index in [1.54, 1.807) is 6.20 Å². The molecule has 4 rings (SSSR count). The fraction of sp³-hybridized carbons (Fsp3) is 0.316. The van der Waals surface area contributed by atoms with E-state index in [4.69, 9.17) is 0 Å². The average molecular weight is 364 g/mol. The van der Waals surface area contributed by atoms with Crippen molar-refractivity contribution in [3.8, 4) is 0 Å². The second kappa shape index (κ2) is 7.53. The van der Waals surface area contributed by atoms with Crippen molar-refractivity contribution in [2.24, 2.45) is 0 Å². The monoisotopic (exact) mass is 364 g/mol. The lowest BCUT2D eigenvalue weighted by Gasteiger charge is -2.21. The van der Waals surface area contributed by atoms with Gasteiger partial charge in [0.25, 0.3) is 0 Å². The molecule has 1 saturated heterocycles. The highest BCUT2D eigenvalue weighted by molar-refractivity contribution is 5.93. The number of nitrogens with zero attached hydrogens (tertiary/aromatic N) is 5. The maximum Gasteiger partial charge on any atom is 0.353 e. The van der Waals surface area contributed by atoms with Gasteiger partial charge in [-0.3, -0.25) is 15.1 Å². The molecule has 138 valence electrons. The SMILES string of the molecule is O=[N+]([O-])c1c(Nc2cccc3ncccc23)ncnc1N1CCCCCC1. The minimum atomic E-state index is -0.397. The lowest BCUT2D eigenvalue weighted by atomic mass is 10.2. The van der Waals surface area contributed by atoms with Crippen LogP contribution in [0.15, 0.2) is 42.9 Å². The first-order valence-corrected chi connectivity index (χ1v) is 9.09. The van der Waals surface area contributed by atoms with Crippen molar-refractivity contribution in [3.63, 3.8) is 0 Å². The topological polar surface area (TPSA) is 97.1 Å². The number of benzene rings is 1. The highest BCUT2D eigenvalue weighted by atomic mass is 16.6. The first-order chi connectivity index (χ1) is 13.2. The molecule has 0 atom stereocenters. The second-order valence-electron chi connectivity index (χ2n) is 6.55. The maximum absolute atomic E-state index is 11.9. The Morgan fingerprint density at radius 2 is 1.81 bits per heavy atom. The average Bonchev–Trinajstić information content (AvgIpc) is 2.97. The summed E-state index contributed by atoms with van der Waals surface area (Å²) < 4.78 is 0. The van der Waals surface area contributed by atoms with Crippen LogP contribution in [0.3, 0.4) is 0 Å². The van der Waals surface area contributed by atoms with Crippen molar-refractivity contribution >= 4 is 33.9 Å². The van der Waals surface area contributed by atoms with Crippen molar-refractivity contribution < 1.29 is 4.92 Å². The first-order valence-electron chi connectivity index (χ1n) is 9.09. The maximum atomic E-state index is 11.9. The molecule has 27 heavy (non-hydrogen) atoms. The zero-order chi connectivity index (χ0) is 18.6. The number of anilines is 3. The molecular weight excluding hydrogens is 344 g/mol. The van der Waals surface area contributed by atoms with Crippen LogP contribution in [-0.2, 0) is 0 Å². The summed E-state index contributed by atoms with van der Waals surface area (Å²) in [5.41, 5.74) is 1.46. The molecule has 8 nitrogen and oxygen atoms in total. The Hall–Kier alpha value is -3.29. The summed E-state index contributed by atoms with van der Waals surface area (Å²) in [5, 5.41) is 15.9. The van der Waals surface area contributed by atoms with Gasteiger partial charge in [-0.25, -0.2) is 9.97 Å². The van der Waals surface area contributed by atoms with Crippen molar-refractivity contribution in [1.82, 2.24) is 15.0 Å². The lowest BCUT2D eigenvalue weighted by molar-refractivity contribution is -0.383. The Kier molecular flexibility index (Phi) is 4.78. The van der Waals surface area contributed by atoms with E-state index in [0.29, 0.717) is 5.82 Å². The molecule has 3 heterocycles. The Labute approximate surface area is 156 Å². The Balaban J connectivity index is 1.76. The standard InChI is InChI=1S/C19H20N6O2/c26-25(27)17-18(21-13-22-19(17)24-11-3-1-2-4-12-24)23-16-9-5-8-15-14(16)7-6-10-20-15/h5-10,13H,1-4,11-12H2,(H,21,22,23). The zero-order valence-corrected chi connectivity index (χ0v) is 14.8. The molecule has 3 aromatic rings. The van der Waals surface area contributed by atoms with E-state index < -0.39 is 4.92 Å². The van der Waals surface area contributed by atoms with Gasteiger partial charge in [-0.1, -0.05) is 18.9 Å². The molecule has 0 saturated carbocycles. The van der Waals surface area contributed by atoms with Gasteiger partial charge in [-0.15, -0.1) is 0 Å². The number of aromatic nitrogens is 3. The Bertz CT molecular complexity index is 964. The molecule has 1 aliphatic rings. The van der Waals surface area contributed by atoms with Gasteiger partial charge in [0.2, 0.25) is 11.6 Å². The molecular formula is C19H20N6O2. The van der Waals surface area contributed by atoms with Gasteiger partial charge in [0.15, 0.2) is 0 Å². The number of nitro groups is 1. The summed E-state index contributed by atoms with van der Waals surface area (Å²) in [6, 6.07) is 9.39. The fourth-order valence-corrected chi connectivity index (χ4v) is 3.48. The molecule has 1 aliphatic heterocycles. The van der Waals surface area contributed by atoms with Crippen LogP contribution in [0.4, 0.5) is 23.0 Å². The number of nitrogens with one attached hydrogen (secondary N) is 1. The van der Waals surface area contributed by atoms with Gasteiger partial charge in [-0.2, -0.15) is 0 Å². The number of hydrogen-bond donors (Lipinski definition) is 1. The third-order valence-corrected chi connectivity index (χ3v) is 4.79. The van der Waals surface area contributed by atoms with Gasteiger partial charge in [0, 0.05) is 30.4 Å². The molecule has 0 spiro atoms. The number of fused-ring (bicyclic) bond motifs is 1. The van der Waals surface area contributed by atoms with Crippen LogP contribution in [0.5, 0.6) is 0 Å². The van der Waals surface area contributed by atoms with E-state index in [0.717, 1.165) is 55.4 Å². The molecule has 0 bridgehead atoms. The van der Waals surface area contributed by atoms with Gasteiger partial charge in [-0.05, 0) is 37.1 Å². The molecule has 1 fully saturated rings. The van der Waals surface area contributed by atoms with Crippen molar-refractivity contribution in [2.75, 3.05) is 23.3 Å². The Morgan fingerprint density at radius 3 is 2.59 bits per heavy atom. The summed E-state index contributed by atoms with van der Waals surface area (Å²) >= 11 is 0. The van der Waals surface area contributed by atoms with E-state index >= 15 is 0 Å². The van der Waals surface area contributed by atoms with E-state index in [2.05, 4.69) is 20.3 Å². The van der Waals surface area contributed by atoms with Crippen LogP contribution in [0.1, 0.15) is 25.7 Å². The van der Waals surface area contributed by atoms with Crippen LogP contribution in [0, 0.1) is 10.1 Å². The molecule has 0 aliphatic carbocycles. The lowest BCUT2D eigenvalue weighted by Crippen LogP contribution is -2.26. The van der Waals surface area contributed by atoms with Crippen molar-refractivity contribution in [1.29, 1.82) is 0 Å². The number of pyridine rings is 1. The Morgan fingerprint density at radius 1 is 1.00 bits per heavy atom. The van der Waals surface area contributed by atoms with E-state index in [1.807, 2.05) is 35.2 Å². The highest BCUT2D eigenvalue weighted by Gasteiger charge is 2.27. The predicted molar refractivity (Wildman–Crippen MR) is 104 cm³/mol. The first kappa shape index (κ1) is 17.1. The summed E-state index contributed by atoms with van der Waals surface area (Å²) in [6.45, 7) is 1.55. The summed E-state index contributed by atoms with van der Waals surface area (Å²) in [6.07, 6.45) is 7.42. The van der Waals surface area contributed by atoms with Crippen molar-refractivity contribution in [2.45, 2.75) is 25.7 Å². The number of hydrogen-bond acceptors (Lipinski definition) is 7. The quantitative estimate of drug-likeness (QED) is 0.551. The number of rotatable bonds is 4. The molecule has 8 heteroatoms. The largest absolute Gasteiger partial charge is 0.353 e. The summed E-state index contributed by atoms with van der Waals surface area (Å²) in [5.74, 6) is 0.586. The van der Waals surface area contributed by atoms with Gasteiger partial charge in [0.05, 0.1) is 10.4 Å². The molecule has 0 unspecified atom stereocenters. The summed E-state index contributed by atoms with van der Waals surface area (Å²) in [7, 11) is 0. The third kappa shape index (κ3) is 3.51. The molecule has 0 amide bonds. The van der Waals surface area contributed by atoms with Crippen molar-refractivity contribution in [3.05, 3.63) is 53.0 Å². The van der Waals surface area contributed by atoms with Crippen LogP contribution in [-0.4, -0.2) is 33.0 Å². The van der Waals surface area contributed by atoms with E-state index in [9.17, 15) is 10.1 Å². The van der Waals surface area contributed by atoms with Crippen LogP contribution >= 0.6 is 0 Å². The molecule has 1 aromatic carbocycles. The second-order valence-corrected chi connectivity index (χ2v) is 6.55. The fourth-order valence-electron chi connectivity index (χ4n) is 3.48. The van der Waals surface area contributed by atoms with E-state index in [-0.39, 0.29) is 11.5 Å². The third-order valence-electron chi connectivity index (χ3n) is 4.79. The minimum Gasteiger partial charge on any atom is -0.351 e. The predicted octanol–water partition coefficient (Wildman–Crippen LogP) is 4.06. The highest BCUT2D eigenvalue weighted by Crippen LogP contribution is 2.35. The van der Waals surface area contributed by atoms with Gasteiger partial charge < -0.3 is 10.2 Å². The molecule has 0 radical (unpaired) electrons. The zero-order valence-electron chi connectivity index (χ0n) is 14.8. The van der Waals surface area contributed by atoms with Crippen LogP contribution in [0.25, 0.3) is 10.9 Å². The van der Waals surface area contributed by atoms with Gasteiger partial charge >= 0.3 is 5.69 Å². The van der Waals surface area contributed by atoms with Crippen LogP contribution < -0.4 is 10.2 Å². The van der Waals surface area contributed by atoms with E-state index in [1.165, 1.54) is 6.33 Å².